The zero-order valence-corrected chi connectivity index (χ0v) is 10.3. The number of rotatable bonds is 4. The van der Waals surface area contributed by atoms with Gasteiger partial charge in [0.25, 0.3) is 0 Å². The van der Waals surface area contributed by atoms with E-state index in [4.69, 9.17) is 5.11 Å². The van der Waals surface area contributed by atoms with Crippen LogP contribution in [0.15, 0.2) is 12.1 Å². The van der Waals surface area contributed by atoms with Crippen LogP contribution in [0, 0.1) is 13.8 Å². The van der Waals surface area contributed by atoms with E-state index in [1.54, 1.807) is 13.0 Å². The van der Waals surface area contributed by atoms with E-state index in [2.05, 4.69) is 5.32 Å². The van der Waals surface area contributed by atoms with Gasteiger partial charge in [-0.2, -0.15) is 0 Å². The van der Waals surface area contributed by atoms with Crippen LogP contribution >= 0.6 is 0 Å². The standard InChI is InChI=1S/C13H17NO3/c1-4-5-11(15)14-12-9(3)6-8(2)7-10(12)13(16)17/h6-7H,4-5H2,1-3H3,(H,14,15)(H,16,17). The van der Waals surface area contributed by atoms with Crippen molar-refractivity contribution in [1.29, 1.82) is 0 Å². The normalized spacial score (nSPS) is 10.1. The molecule has 0 unspecified atom stereocenters. The molecule has 0 atom stereocenters. The van der Waals surface area contributed by atoms with Gasteiger partial charge in [-0.25, -0.2) is 4.79 Å². The molecule has 17 heavy (non-hydrogen) atoms. The average molecular weight is 235 g/mol. The molecule has 0 radical (unpaired) electrons. The number of benzene rings is 1. The van der Waals surface area contributed by atoms with Gasteiger partial charge in [0, 0.05) is 6.42 Å². The third kappa shape index (κ3) is 3.31. The van der Waals surface area contributed by atoms with Crippen LogP contribution in [0.4, 0.5) is 5.69 Å². The first-order valence-electron chi connectivity index (χ1n) is 5.60. The van der Waals surface area contributed by atoms with Gasteiger partial charge >= 0.3 is 5.97 Å². The molecule has 0 bridgehead atoms. The predicted molar refractivity (Wildman–Crippen MR) is 66.4 cm³/mol. The van der Waals surface area contributed by atoms with Crippen LogP contribution in [0.2, 0.25) is 0 Å². The maximum Gasteiger partial charge on any atom is 0.337 e. The predicted octanol–water partition coefficient (Wildman–Crippen LogP) is 2.74. The minimum Gasteiger partial charge on any atom is -0.478 e. The van der Waals surface area contributed by atoms with Gasteiger partial charge < -0.3 is 10.4 Å². The monoisotopic (exact) mass is 235 g/mol. The van der Waals surface area contributed by atoms with Gasteiger partial charge in [0.15, 0.2) is 0 Å². The van der Waals surface area contributed by atoms with Crippen molar-refractivity contribution >= 4 is 17.6 Å². The van der Waals surface area contributed by atoms with Crippen molar-refractivity contribution in [2.45, 2.75) is 33.6 Å². The molecule has 0 aromatic heterocycles. The van der Waals surface area contributed by atoms with Crippen molar-refractivity contribution in [1.82, 2.24) is 0 Å². The number of carbonyl (C=O) groups is 2. The van der Waals surface area contributed by atoms with E-state index < -0.39 is 5.97 Å². The molecule has 0 heterocycles. The molecular formula is C13H17NO3. The van der Waals surface area contributed by atoms with E-state index >= 15 is 0 Å². The first kappa shape index (κ1) is 13.2. The Morgan fingerprint density at radius 2 is 1.94 bits per heavy atom. The number of aromatic carboxylic acids is 1. The Bertz CT molecular complexity index is 452. The molecule has 0 aliphatic rings. The fourth-order valence-corrected chi connectivity index (χ4v) is 1.73. The highest BCUT2D eigenvalue weighted by Gasteiger charge is 2.15. The fourth-order valence-electron chi connectivity index (χ4n) is 1.73. The lowest BCUT2D eigenvalue weighted by atomic mass is 10.0. The van der Waals surface area contributed by atoms with E-state index in [0.29, 0.717) is 12.1 Å². The fraction of sp³-hybridized carbons (Fsp3) is 0.385. The van der Waals surface area contributed by atoms with E-state index in [-0.39, 0.29) is 11.5 Å². The van der Waals surface area contributed by atoms with Crippen molar-refractivity contribution in [3.63, 3.8) is 0 Å². The summed E-state index contributed by atoms with van der Waals surface area (Å²) in [5, 5.41) is 11.8. The number of anilines is 1. The summed E-state index contributed by atoms with van der Waals surface area (Å²) in [6.45, 7) is 5.53. The van der Waals surface area contributed by atoms with Crippen molar-refractivity contribution in [3.8, 4) is 0 Å². The largest absolute Gasteiger partial charge is 0.478 e. The van der Waals surface area contributed by atoms with Crippen LogP contribution in [0.5, 0.6) is 0 Å². The molecule has 0 fully saturated rings. The van der Waals surface area contributed by atoms with Crippen LogP contribution in [0.25, 0.3) is 0 Å². The van der Waals surface area contributed by atoms with Crippen molar-refractivity contribution < 1.29 is 14.7 Å². The summed E-state index contributed by atoms with van der Waals surface area (Å²) < 4.78 is 0. The number of carboxylic acid groups (broad SMARTS) is 1. The van der Waals surface area contributed by atoms with Crippen molar-refractivity contribution in [3.05, 3.63) is 28.8 Å². The summed E-state index contributed by atoms with van der Waals surface area (Å²) in [5.74, 6) is -1.18. The minimum absolute atomic E-state index is 0.145. The number of carboxylic acids is 1. The third-order valence-electron chi connectivity index (χ3n) is 2.45. The topological polar surface area (TPSA) is 66.4 Å². The Labute approximate surface area is 101 Å². The summed E-state index contributed by atoms with van der Waals surface area (Å²) in [6.07, 6.45) is 1.13. The molecule has 0 saturated heterocycles. The molecule has 0 aliphatic carbocycles. The Morgan fingerprint density at radius 3 is 2.47 bits per heavy atom. The highest BCUT2D eigenvalue weighted by Crippen LogP contribution is 2.23. The van der Waals surface area contributed by atoms with Gasteiger partial charge in [-0.05, 0) is 37.5 Å². The van der Waals surface area contributed by atoms with Crippen LogP contribution in [-0.4, -0.2) is 17.0 Å². The minimum atomic E-state index is -1.02. The average Bonchev–Trinajstić information content (AvgIpc) is 2.21. The number of hydrogen-bond donors (Lipinski definition) is 2. The van der Waals surface area contributed by atoms with Gasteiger partial charge in [-0.15, -0.1) is 0 Å². The second-order valence-corrected chi connectivity index (χ2v) is 4.11. The summed E-state index contributed by atoms with van der Waals surface area (Å²) in [4.78, 5) is 22.6. The lowest BCUT2D eigenvalue weighted by Crippen LogP contribution is -2.15. The molecule has 0 saturated carbocycles. The van der Waals surface area contributed by atoms with Crippen molar-refractivity contribution in [2.75, 3.05) is 5.32 Å². The molecule has 0 aliphatic heterocycles. The molecule has 4 nitrogen and oxygen atoms in total. The molecular weight excluding hydrogens is 218 g/mol. The number of nitrogens with one attached hydrogen (secondary N) is 1. The maximum absolute atomic E-state index is 11.5. The molecule has 0 spiro atoms. The lowest BCUT2D eigenvalue weighted by molar-refractivity contribution is -0.116. The quantitative estimate of drug-likeness (QED) is 0.843. The summed E-state index contributed by atoms with van der Waals surface area (Å²) in [5.41, 5.74) is 2.19. The Balaban J connectivity index is 3.12. The number of amides is 1. The third-order valence-corrected chi connectivity index (χ3v) is 2.45. The summed E-state index contributed by atoms with van der Waals surface area (Å²) in [6, 6.07) is 3.42. The van der Waals surface area contributed by atoms with E-state index in [0.717, 1.165) is 17.5 Å². The molecule has 4 heteroatoms. The van der Waals surface area contributed by atoms with E-state index in [1.165, 1.54) is 0 Å². The molecule has 1 rings (SSSR count). The van der Waals surface area contributed by atoms with E-state index in [1.807, 2.05) is 19.9 Å². The van der Waals surface area contributed by atoms with Crippen LogP contribution < -0.4 is 5.32 Å². The zero-order chi connectivity index (χ0) is 13.0. The van der Waals surface area contributed by atoms with Gasteiger partial charge in [0.2, 0.25) is 5.91 Å². The van der Waals surface area contributed by atoms with Gasteiger partial charge in [-0.3, -0.25) is 4.79 Å². The van der Waals surface area contributed by atoms with Crippen LogP contribution in [0.3, 0.4) is 0 Å². The molecule has 1 aromatic carbocycles. The van der Waals surface area contributed by atoms with Gasteiger partial charge in [0.05, 0.1) is 11.3 Å². The number of hydrogen-bond acceptors (Lipinski definition) is 2. The number of carbonyl (C=O) groups excluding carboxylic acids is 1. The second-order valence-electron chi connectivity index (χ2n) is 4.11. The van der Waals surface area contributed by atoms with Crippen LogP contribution in [-0.2, 0) is 4.79 Å². The smallest absolute Gasteiger partial charge is 0.337 e. The first-order chi connectivity index (χ1) is 7.95. The SMILES string of the molecule is CCCC(=O)Nc1c(C)cc(C)cc1C(=O)O. The summed E-state index contributed by atoms with van der Waals surface area (Å²) >= 11 is 0. The molecule has 2 N–H and O–H groups in total. The van der Waals surface area contributed by atoms with Crippen molar-refractivity contribution in [2.24, 2.45) is 0 Å². The molecule has 1 amide bonds. The van der Waals surface area contributed by atoms with E-state index in [9.17, 15) is 9.59 Å². The molecule has 1 aromatic rings. The van der Waals surface area contributed by atoms with Crippen LogP contribution in [0.1, 0.15) is 41.3 Å². The Kier molecular flexibility index (Phi) is 4.26. The Morgan fingerprint density at radius 1 is 1.29 bits per heavy atom. The maximum atomic E-state index is 11.5. The first-order valence-corrected chi connectivity index (χ1v) is 5.60. The number of aryl methyl sites for hydroxylation is 2. The second kappa shape index (κ2) is 5.48. The summed E-state index contributed by atoms with van der Waals surface area (Å²) in [7, 11) is 0. The zero-order valence-electron chi connectivity index (χ0n) is 10.3. The molecule has 92 valence electrons. The highest BCUT2D eigenvalue weighted by molar-refractivity contribution is 6.01. The Hall–Kier alpha value is -1.84. The van der Waals surface area contributed by atoms with Gasteiger partial charge in [0.1, 0.15) is 0 Å². The highest BCUT2D eigenvalue weighted by atomic mass is 16.4. The lowest BCUT2D eigenvalue weighted by Gasteiger charge is -2.12. The van der Waals surface area contributed by atoms with Gasteiger partial charge in [-0.1, -0.05) is 13.0 Å².